The first kappa shape index (κ1) is 25.0. The number of esters is 1. The van der Waals surface area contributed by atoms with E-state index in [1.807, 2.05) is 0 Å². The van der Waals surface area contributed by atoms with Gasteiger partial charge < -0.3 is 14.5 Å². The van der Waals surface area contributed by atoms with Crippen LogP contribution in [0.1, 0.15) is 50.6 Å². The van der Waals surface area contributed by atoms with Gasteiger partial charge in [0.05, 0.1) is 40.0 Å². The molecule has 4 rings (SSSR count). The Morgan fingerprint density at radius 1 is 1.05 bits per heavy atom. The third kappa shape index (κ3) is 5.00. The number of ether oxygens (including phenoxy) is 1. The number of hydrogen-bond donors (Lipinski definition) is 2. The number of rotatable bonds is 7. The normalized spacial score (nSPS) is 13.5. The van der Waals surface area contributed by atoms with Crippen LogP contribution >= 0.6 is 0 Å². The van der Waals surface area contributed by atoms with Crippen LogP contribution in [0.25, 0.3) is 0 Å². The van der Waals surface area contributed by atoms with E-state index in [0.29, 0.717) is 41.9 Å². The number of hydrazone groups is 1. The Bertz CT molecular complexity index is 1460. The molecule has 0 fully saturated rings. The standard InChI is InChI=1S/C24H21N5O8/c1-13-21-18(27-26-17-11-10-14(28(32)33)12-19(17)29(34)35)8-5-9-20(21)37-22(13)23(30)25-16-7-4-3-6-15(16)24(31)36-2/h3-4,6-7,10-12,26H,5,8-9H2,1-2H3,(H,25,30)/b27-18+. The van der Waals surface area contributed by atoms with Gasteiger partial charge in [0.25, 0.3) is 11.6 Å². The molecule has 0 spiro atoms. The second-order valence-electron chi connectivity index (χ2n) is 8.09. The van der Waals surface area contributed by atoms with Crippen LogP contribution in [0.5, 0.6) is 0 Å². The second kappa shape index (κ2) is 10.3. The molecule has 1 aromatic heterocycles. The van der Waals surface area contributed by atoms with Crippen molar-refractivity contribution in [3.63, 3.8) is 0 Å². The fraction of sp³-hybridized carbons (Fsp3) is 0.208. The molecule has 0 unspecified atom stereocenters. The third-order valence-corrected chi connectivity index (χ3v) is 5.81. The van der Waals surface area contributed by atoms with Crippen LogP contribution in [0.15, 0.2) is 52.0 Å². The number of fused-ring (bicyclic) bond motifs is 1. The highest BCUT2D eigenvalue weighted by Crippen LogP contribution is 2.32. The van der Waals surface area contributed by atoms with Crippen LogP contribution in [0.2, 0.25) is 0 Å². The van der Waals surface area contributed by atoms with Gasteiger partial charge in [-0.05, 0) is 38.0 Å². The van der Waals surface area contributed by atoms with Crippen LogP contribution < -0.4 is 10.7 Å². The first-order valence-electron chi connectivity index (χ1n) is 11.1. The van der Waals surface area contributed by atoms with E-state index in [1.165, 1.54) is 19.2 Å². The Labute approximate surface area is 209 Å². The maximum Gasteiger partial charge on any atom is 0.339 e. The molecule has 0 bridgehead atoms. The van der Waals surface area contributed by atoms with Gasteiger partial charge in [0.15, 0.2) is 5.76 Å². The van der Waals surface area contributed by atoms with Crippen LogP contribution in [0.4, 0.5) is 22.7 Å². The number of methoxy groups -OCH3 is 1. The molecule has 190 valence electrons. The quantitative estimate of drug-likeness (QED) is 0.262. The highest BCUT2D eigenvalue weighted by molar-refractivity contribution is 6.11. The molecular weight excluding hydrogens is 486 g/mol. The number of para-hydroxylation sites is 1. The lowest BCUT2D eigenvalue weighted by atomic mass is 9.93. The first-order chi connectivity index (χ1) is 17.7. The number of non-ortho nitro benzene ring substituents is 1. The molecular formula is C24H21N5O8. The Balaban J connectivity index is 1.63. The van der Waals surface area contributed by atoms with Crippen molar-refractivity contribution < 1.29 is 28.6 Å². The second-order valence-corrected chi connectivity index (χ2v) is 8.09. The molecule has 0 radical (unpaired) electrons. The summed E-state index contributed by atoms with van der Waals surface area (Å²) in [6.07, 6.45) is 1.72. The Hall–Kier alpha value is -5.07. The van der Waals surface area contributed by atoms with E-state index in [4.69, 9.17) is 9.15 Å². The highest BCUT2D eigenvalue weighted by Gasteiger charge is 2.29. The lowest BCUT2D eigenvalue weighted by molar-refractivity contribution is -0.393. The van der Waals surface area contributed by atoms with Gasteiger partial charge in [-0.25, -0.2) is 4.79 Å². The number of nitro benzene ring substituents is 2. The van der Waals surface area contributed by atoms with Gasteiger partial charge in [0, 0.05) is 23.6 Å². The van der Waals surface area contributed by atoms with E-state index in [2.05, 4.69) is 15.8 Å². The summed E-state index contributed by atoms with van der Waals surface area (Å²) in [6, 6.07) is 9.60. The smallest absolute Gasteiger partial charge is 0.339 e. The van der Waals surface area contributed by atoms with Crippen LogP contribution in [-0.4, -0.2) is 34.5 Å². The van der Waals surface area contributed by atoms with Crippen LogP contribution in [0.3, 0.4) is 0 Å². The van der Waals surface area contributed by atoms with Crippen molar-refractivity contribution in [3.8, 4) is 0 Å². The number of nitrogens with one attached hydrogen (secondary N) is 2. The zero-order chi connectivity index (χ0) is 26.7. The van der Waals surface area contributed by atoms with Gasteiger partial charge in [0.2, 0.25) is 0 Å². The summed E-state index contributed by atoms with van der Waals surface area (Å²) in [4.78, 5) is 46.0. The number of aryl methyl sites for hydroxylation is 1. The number of nitro groups is 2. The SMILES string of the molecule is COC(=O)c1ccccc1NC(=O)c1oc2c(c1C)/C(=N/Nc1ccc([N+](=O)[O-])cc1[N+](=O)[O-])CCC2. The molecule has 2 aromatic carbocycles. The number of carbonyl (C=O) groups excluding carboxylic acids is 2. The molecule has 0 saturated carbocycles. The molecule has 0 saturated heterocycles. The lowest BCUT2D eigenvalue weighted by Crippen LogP contribution is -2.16. The summed E-state index contributed by atoms with van der Waals surface area (Å²) in [5, 5.41) is 29.4. The average molecular weight is 507 g/mol. The molecule has 1 aliphatic carbocycles. The Kier molecular flexibility index (Phi) is 6.95. The fourth-order valence-corrected chi connectivity index (χ4v) is 4.06. The topological polar surface area (TPSA) is 179 Å². The van der Waals surface area contributed by atoms with E-state index in [0.717, 1.165) is 12.1 Å². The zero-order valence-corrected chi connectivity index (χ0v) is 19.8. The summed E-state index contributed by atoms with van der Waals surface area (Å²) >= 11 is 0. The number of amides is 1. The number of hydrogen-bond acceptors (Lipinski definition) is 10. The van der Waals surface area contributed by atoms with Crippen molar-refractivity contribution in [1.82, 2.24) is 0 Å². The molecule has 0 atom stereocenters. The molecule has 37 heavy (non-hydrogen) atoms. The predicted octanol–water partition coefficient (Wildman–Crippen LogP) is 4.60. The van der Waals surface area contributed by atoms with E-state index < -0.39 is 33.1 Å². The van der Waals surface area contributed by atoms with Gasteiger partial charge in [-0.3, -0.25) is 30.4 Å². The van der Waals surface area contributed by atoms with E-state index >= 15 is 0 Å². The Morgan fingerprint density at radius 2 is 1.81 bits per heavy atom. The molecule has 1 aliphatic rings. The largest absolute Gasteiger partial charge is 0.465 e. The van der Waals surface area contributed by atoms with Crippen molar-refractivity contribution in [2.45, 2.75) is 26.2 Å². The van der Waals surface area contributed by atoms with E-state index in [9.17, 15) is 29.8 Å². The molecule has 1 amide bonds. The highest BCUT2D eigenvalue weighted by atomic mass is 16.6. The Morgan fingerprint density at radius 3 is 2.51 bits per heavy atom. The number of carbonyl (C=O) groups is 2. The number of anilines is 2. The van der Waals surface area contributed by atoms with Gasteiger partial charge >= 0.3 is 11.7 Å². The van der Waals surface area contributed by atoms with E-state index in [1.54, 1.807) is 25.1 Å². The maximum absolute atomic E-state index is 13.1. The van der Waals surface area contributed by atoms with Gasteiger partial charge in [0.1, 0.15) is 11.4 Å². The van der Waals surface area contributed by atoms with Gasteiger partial charge in [-0.2, -0.15) is 5.10 Å². The minimum absolute atomic E-state index is 0.0197. The summed E-state index contributed by atoms with van der Waals surface area (Å²) < 4.78 is 10.6. The van der Waals surface area contributed by atoms with Crippen molar-refractivity contribution in [1.29, 1.82) is 0 Å². The average Bonchev–Trinajstić information content (AvgIpc) is 3.24. The minimum atomic E-state index is -0.737. The van der Waals surface area contributed by atoms with Gasteiger partial charge in [-0.1, -0.05) is 12.1 Å². The first-order valence-corrected chi connectivity index (χ1v) is 11.1. The third-order valence-electron chi connectivity index (χ3n) is 5.81. The fourth-order valence-electron chi connectivity index (χ4n) is 4.06. The maximum atomic E-state index is 13.1. The summed E-state index contributed by atoms with van der Waals surface area (Å²) in [5.41, 5.74) is 3.78. The lowest BCUT2D eigenvalue weighted by Gasteiger charge is -2.14. The molecule has 13 heteroatoms. The molecule has 13 nitrogen and oxygen atoms in total. The summed E-state index contributed by atoms with van der Waals surface area (Å²) in [5.74, 6) is -0.594. The number of benzene rings is 2. The molecule has 1 heterocycles. The molecule has 2 N–H and O–H groups in total. The minimum Gasteiger partial charge on any atom is -0.465 e. The van der Waals surface area contributed by atoms with Crippen molar-refractivity contribution in [3.05, 3.63) is 90.9 Å². The van der Waals surface area contributed by atoms with Crippen molar-refractivity contribution in [2.75, 3.05) is 17.9 Å². The summed E-state index contributed by atoms with van der Waals surface area (Å²) in [6.45, 7) is 1.69. The molecule has 0 aliphatic heterocycles. The van der Waals surface area contributed by atoms with Crippen molar-refractivity contribution in [2.24, 2.45) is 5.10 Å². The monoisotopic (exact) mass is 507 g/mol. The van der Waals surface area contributed by atoms with Crippen LogP contribution in [0, 0.1) is 27.2 Å². The van der Waals surface area contributed by atoms with Gasteiger partial charge in [-0.15, -0.1) is 0 Å². The van der Waals surface area contributed by atoms with Crippen molar-refractivity contribution >= 4 is 40.3 Å². The number of furan rings is 1. The zero-order valence-electron chi connectivity index (χ0n) is 19.8. The van der Waals surface area contributed by atoms with E-state index in [-0.39, 0.29) is 22.7 Å². The predicted molar refractivity (Wildman–Crippen MR) is 132 cm³/mol. The molecule has 3 aromatic rings. The summed E-state index contributed by atoms with van der Waals surface area (Å²) in [7, 11) is 1.24. The number of nitrogens with zero attached hydrogens (tertiary/aromatic N) is 3. The van der Waals surface area contributed by atoms with Crippen LogP contribution in [-0.2, 0) is 11.2 Å².